The largest absolute Gasteiger partial charge is 0.376 e. The molecule has 3 aromatic rings. The van der Waals surface area contributed by atoms with E-state index < -0.39 is 6.04 Å². The maximum atomic E-state index is 13.9. The Balaban J connectivity index is 1.55. The molecule has 9 heteroatoms. The molecule has 2 atom stereocenters. The van der Waals surface area contributed by atoms with Crippen LogP contribution in [-0.2, 0) is 27.3 Å². The summed E-state index contributed by atoms with van der Waals surface area (Å²) in [6.07, 6.45) is 15.5. The van der Waals surface area contributed by atoms with Crippen LogP contribution in [-0.4, -0.2) is 67.4 Å². The number of benzene rings is 1. The smallest absolute Gasteiger partial charge is 0.245 e. The van der Waals surface area contributed by atoms with Crippen molar-refractivity contribution in [3.05, 3.63) is 41.6 Å². The third-order valence-corrected chi connectivity index (χ3v) is 8.92. The molecule has 2 aliphatic rings. The minimum absolute atomic E-state index is 0.0263. The molecule has 0 aliphatic carbocycles. The predicted octanol–water partition coefficient (Wildman–Crippen LogP) is 6.04. The van der Waals surface area contributed by atoms with Crippen molar-refractivity contribution >= 4 is 28.4 Å². The topological polar surface area (TPSA) is 107 Å². The molecular weight excluding hydrogens is 542 g/mol. The lowest BCUT2D eigenvalue weighted by Gasteiger charge is -2.27. The Labute approximate surface area is 254 Å². The van der Waals surface area contributed by atoms with E-state index in [-0.39, 0.29) is 30.1 Å². The molecule has 1 fully saturated rings. The van der Waals surface area contributed by atoms with Crippen LogP contribution in [0.3, 0.4) is 0 Å². The van der Waals surface area contributed by atoms with Gasteiger partial charge in [0.25, 0.3) is 0 Å². The van der Waals surface area contributed by atoms with Gasteiger partial charge in [-0.1, -0.05) is 51.9 Å². The summed E-state index contributed by atoms with van der Waals surface area (Å²) in [6, 6.07) is 3.53. The number of rotatable bonds is 4. The lowest BCUT2D eigenvalue weighted by molar-refractivity contribution is -0.141. The minimum Gasteiger partial charge on any atom is -0.376 e. The summed E-state index contributed by atoms with van der Waals surface area (Å²) in [5.41, 5.74) is 4.02. The van der Waals surface area contributed by atoms with Gasteiger partial charge in [-0.15, -0.1) is 0 Å². The highest BCUT2D eigenvalue weighted by molar-refractivity contribution is 6.07. The molecule has 1 amide bonds. The van der Waals surface area contributed by atoms with Gasteiger partial charge in [0.15, 0.2) is 11.6 Å². The second kappa shape index (κ2) is 14.3. The number of fused-ring (bicyclic) bond motifs is 2. The first-order valence-electron chi connectivity index (χ1n) is 16.1. The molecule has 1 aromatic carbocycles. The summed E-state index contributed by atoms with van der Waals surface area (Å²) in [6.45, 7) is 6.26. The molecule has 0 saturated carbocycles. The lowest BCUT2D eigenvalue weighted by atomic mass is 9.96. The molecule has 2 aliphatic heterocycles. The predicted molar refractivity (Wildman–Crippen MR) is 166 cm³/mol. The standard InChI is InChI=1S/C34H45N5O4/c1-4-29(41)34-30-15-16-38(34)31(42)22-39-33-25(14-12-10-8-6-5-7-9-11-13-17-43-30)18-26(27-20-35-24(3)36-21-27)19-28(33)32(37-39)23(2)40/h18-21,30,34H,4-17,22H2,1-3H3/t30-,34-/m1/s1. The highest BCUT2D eigenvalue weighted by atomic mass is 16.5. The molecule has 2 bridgehead atoms. The molecule has 2 aromatic heterocycles. The number of ether oxygens (including phenoxy) is 1. The fourth-order valence-corrected chi connectivity index (χ4v) is 6.60. The quantitative estimate of drug-likeness (QED) is 0.343. The molecule has 1 saturated heterocycles. The SMILES string of the molecule is CCC(=O)[C@@H]1[C@H]2CCN1C(=O)Cn1nc(C(C)=O)c3cc(-c4cnc(C)nc4)cc(c31)CCCCCCCCCCCO2. The monoisotopic (exact) mass is 587 g/mol. The maximum absolute atomic E-state index is 13.9. The van der Waals surface area contributed by atoms with Gasteiger partial charge in [0.2, 0.25) is 5.91 Å². The van der Waals surface area contributed by atoms with Crippen LogP contribution in [0.15, 0.2) is 24.5 Å². The van der Waals surface area contributed by atoms with E-state index in [1.807, 2.05) is 19.9 Å². The number of amides is 1. The molecule has 0 spiro atoms. The molecule has 43 heavy (non-hydrogen) atoms. The Morgan fingerprint density at radius 1 is 0.953 bits per heavy atom. The number of aromatic nitrogens is 4. The van der Waals surface area contributed by atoms with E-state index in [4.69, 9.17) is 9.84 Å². The Hall–Kier alpha value is -3.46. The molecule has 0 N–H and O–H groups in total. The van der Waals surface area contributed by atoms with Gasteiger partial charge in [-0.3, -0.25) is 19.1 Å². The van der Waals surface area contributed by atoms with Gasteiger partial charge in [0, 0.05) is 49.8 Å². The molecule has 4 heterocycles. The van der Waals surface area contributed by atoms with Crippen LogP contribution in [0, 0.1) is 6.92 Å². The van der Waals surface area contributed by atoms with Gasteiger partial charge in [0.1, 0.15) is 24.1 Å². The van der Waals surface area contributed by atoms with E-state index in [0.717, 1.165) is 59.7 Å². The fraction of sp³-hybridized carbons (Fsp3) is 0.588. The third-order valence-electron chi connectivity index (χ3n) is 8.92. The van der Waals surface area contributed by atoms with Crippen LogP contribution in [0.1, 0.15) is 106 Å². The van der Waals surface area contributed by atoms with Gasteiger partial charge in [-0.05, 0) is 55.9 Å². The number of hydrogen-bond donors (Lipinski definition) is 0. The van der Waals surface area contributed by atoms with Crippen molar-refractivity contribution in [1.29, 1.82) is 0 Å². The van der Waals surface area contributed by atoms with Gasteiger partial charge in [-0.25, -0.2) is 9.97 Å². The normalized spacial score (nSPS) is 21.2. The molecule has 5 rings (SSSR count). The van der Waals surface area contributed by atoms with E-state index in [1.54, 1.807) is 22.0 Å². The van der Waals surface area contributed by atoms with Gasteiger partial charge < -0.3 is 9.64 Å². The van der Waals surface area contributed by atoms with E-state index in [9.17, 15) is 14.4 Å². The van der Waals surface area contributed by atoms with Crippen molar-refractivity contribution in [2.75, 3.05) is 13.2 Å². The number of hydrogen-bond acceptors (Lipinski definition) is 7. The molecular formula is C34H45N5O4. The van der Waals surface area contributed by atoms with Crippen molar-refractivity contribution in [3.8, 4) is 11.1 Å². The molecule has 9 nitrogen and oxygen atoms in total. The van der Waals surface area contributed by atoms with Crippen LogP contribution in [0.4, 0.5) is 0 Å². The maximum Gasteiger partial charge on any atom is 0.245 e. The zero-order chi connectivity index (χ0) is 30.3. The average molecular weight is 588 g/mol. The highest BCUT2D eigenvalue weighted by Crippen LogP contribution is 2.32. The van der Waals surface area contributed by atoms with Gasteiger partial charge in [-0.2, -0.15) is 5.10 Å². The van der Waals surface area contributed by atoms with Crippen molar-refractivity contribution in [2.24, 2.45) is 0 Å². The molecule has 230 valence electrons. The number of Topliss-reactive ketones (excluding diaryl/α,β-unsaturated/α-hetero) is 2. The van der Waals surface area contributed by atoms with Crippen LogP contribution >= 0.6 is 0 Å². The van der Waals surface area contributed by atoms with Gasteiger partial charge in [0.05, 0.1) is 11.6 Å². The number of carbonyl (C=O) groups is 3. The fourth-order valence-electron chi connectivity index (χ4n) is 6.60. The second-order valence-electron chi connectivity index (χ2n) is 12.1. The summed E-state index contributed by atoms with van der Waals surface area (Å²) in [4.78, 5) is 50.3. The summed E-state index contributed by atoms with van der Waals surface area (Å²) in [5, 5.41) is 5.45. The van der Waals surface area contributed by atoms with Crippen molar-refractivity contribution in [1.82, 2.24) is 24.6 Å². The van der Waals surface area contributed by atoms with Crippen LogP contribution in [0.2, 0.25) is 0 Å². The van der Waals surface area contributed by atoms with E-state index in [1.165, 1.54) is 39.0 Å². The van der Waals surface area contributed by atoms with E-state index >= 15 is 0 Å². The molecule has 0 radical (unpaired) electrons. The van der Waals surface area contributed by atoms with E-state index in [0.29, 0.717) is 37.5 Å². The first-order valence-corrected chi connectivity index (χ1v) is 16.1. The van der Waals surface area contributed by atoms with E-state index in [2.05, 4.69) is 16.0 Å². The second-order valence-corrected chi connectivity index (χ2v) is 12.1. The Morgan fingerprint density at radius 3 is 2.30 bits per heavy atom. The first-order chi connectivity index (χ1) is 20.9. The molecule has 0 unspecified atom stereocenters. The summed E-state index contributed by atoms with van der Waals surface area (Å²) >= 11 is 0. The number of nitrogens with zero attached hydrogens (tertiary/aromatic N) is 5. The Bertz CT molecular complexity index is 1450. The number of carbonyl (C=O) groups excluding carboxylic acids is 3. The first kappa shape index (κ1) is 31.0. The zero-order valence-corrected chi connectivity index (χ0v) is 25.9. The van der Waals surface area contributed by atoms with Crippen LogP contribution in [0.5, 0.6) is 0 Å². The lowest BCUT2D eigenvalue weighted by Crippen LogP contribution is -2.47. The number of ketones is 2. The minimum atomic E-state index is -0.579. The highest BCUT2D eigenvalue weighted by Gasteiger charge is 2.41. The number of aryl methyl sites for hydroxylation is 2. The summed E-state index contributed by atoms with van der Waals surface area (Å²) < 4.78 is 7.91. The van der Waals surface area contributed by atoms with Crippen molar-refractivity contribution in [2.45, 2.75) is 117 Å². The Morgan fingerprint density at radius 2 is 1.63 bits per heavy atom. The Kier molecular flexibility index (Phi) is 10.3. The van der Waals surface area contributed by atoms with Crippen LogP contribution in [0.25, 0.3) is 22.0 Å². The van der Waals surface area contributed by atoms with Crippen LogP contribution < -0.4 is 0 Å². The van der Waals surface area contributed by atoms with Gasteiger partial charge >= 0.3 is 0 Å². The summed E-state index contributed by atoms with van der Waals surface area (Å²) in [5.74, 6) is 0.395. The zero-order valence-electron chi connectivity index (χ0n) is 25.9. The average Bonchev–Trinajstić information content (AvgIpc) is 3.59. The van der Waals surface area contributed by atoms with Crippen molar-refractivity contribution < 1.29 is 19.1 Å². The van der Waals surface area contributed by atoms with Crippen molar-refractivity contribution in [3.63, 3.8) is 0 Å². The summed E-state index contributed by atoms with van der Waals surface area (Å²) in [7, 11) is 0. The third kappa shape index (κ3) is 7.20.